The first-order valence-corrected chi connectivity index (χ1v) is 13.0. The van der Waals surface area contributed by atoms with Gasteiger partial charge in [-0.1, -0.05) is 54.2 Å². The molecule has 1 saturated heterocycles. The van der Waals surface area contributed by atoms with Gasteiger partial charge in [0.15, 0.2) is 22.1 Å². The Labute approximate surface area is 208 Å². The topological polar surface area (TPSA) is 114 Å². The van der Waals surface area contributed by atoms with Crippen LogP contribution >= 0.6 is 11.8 Å². The Bertz CT molecular complexity index is 1140. The molecule has 3 aromatic rings. The van der Waals surface area contributed by atoms with Gasteiger partial charge in [0, 0.05) is 12.2 Å². The van der Waals surface area contributed by atoms with Gasteiger partial charge in [0.2, 0.25) is 5.88 Å². The van der Waals surface area contributed by atoms with Crippen LogP contribution in [0.4, 0.5) is 0 Å². The molecule has 1 aliphatic heterocycles. The molecule has 2 aliphatic rings. The molecule has 0 spiro atoms. The lowest BCUT2D eigenvalue weighted by Crippen LogP contribution is -2.31. The van der Waals surface area contributed by atoms with Crippen molar-refractivity contribution in [3.05, 3.63) is 35.9 Å². The van der Waals surface area contributed by atoms with Gasteiger partial charge in [-0.3, -0.25) is 0 Å². The fourth-order valence-electron chi connectivity index (χ4n) is 4.61. The number of rotatable bonds is 10. The summed E-state index contributed by atoms with van der Waals surface area (Å²) in [6, 6.07) is 9.74. The van der Waals surface area contributed by atoms with Crippen LogP contribution in [-0.4, -0.2) is 73.1 Å². The first kappa shape index (κ1) is 24.4. The molecule has 10 nitrogen and oxygen atoms in total. The van der Waals surface area contributed by atoms with Crippen molar-refractivity contribution < 1.29 is 24.1 Å². The smallest absolute Gasteiger partial charge is 0.248 e. The Morgan fingerprint density at radius 3 is 2.74 bits per heavy atom. The van der Waals surface area contributed by atoms with Gasteiger partial charge in [0.1, 0.15) is 18.8 Å². The first-order valence-electron chi connectivity index (χ1n) is 12.0. The zero-order chi connectivity index (χ0) is 24.4. The minimum absolute atomic E-state index is 0.0532. The highest BCUT2D eigenvalue weighted by molar-refractivity contribution is 7.99. The Kier molecular flexibility index (Phi) is 7.21. The van der Waals surface area contributed by atoms with E-state index in [0.29, 0.717) is 35.2 Å². The molecule has 1 aromatic carbocycles. The molecule has 188 valence electrons. The number of aliphatic hydroxyl groups is 1. The van der Waals surface area contributed by atoms with Crippen LogP contribution in [0.2, 0.25) is 0 Å². The summed E-state index contributed by atoms with van der Waals surface area (Å²) < 4.78 is 26.2. The second kappa shape index (κ2) is 10.4. The summed E-state index contributed by atoms with van der Waals surface area (Å²) in [5, 5.41) is 18.8. The van der Waals surface area contributed by atoms with Crippen LogP contribution in [-0.2, 0) is 20.8 Å². The maximum Gasteiger partial charge on any atom is 0.248 e. The lowest BCUT2D eigenvalue weighted by Gasteiger charge is -2.23. The number of aliphatic hydroxyl groups excluding tert-OH is 1. The first-order chi connectivity index (χ1) is 17.0. The second-order valence-corrected chi connectivity index (χ2v) is 10.2. The number of fused-ring (bicyclic) bond motifs is 2. The van der Waals surface area contributed by atoms with Crippen molar-refractivity contribution in [2.24, 2.45) is 0 Å². The number of hydrogen-bond acceptors (Lipinski definition) is 10. The summed E-state index contributed by atoms with van der Waals surface area (Å²) in [7, 11) is 0. The van der Waals surface area contributed by atoms with Gasteiger partial charge in [-0.15, -0.1) is 5.10 Å². The van der Waals surface area contributed by atoms with Gasteiger partial charge in [-0.05, 0) is 25.8 Å². The number of ether oxygens (including phenoxy) is 4. The third-order valence-electron chi connectivity index (χ3n) is 6.05. The Morgan fingerprint density at radius 2 is 1.97 bits per heavy atom. The van der Waals surface area contributed by atoms with Crippen molar-refractivity contribution in [3.8, 4) is 5.88 Å². The van der Waals surface area contributed by atoms with Crippen molar-refractivity contribution in [3.63, 3.8) is 0 Å². The van der Waals surface area contributed by atoms with Gasteiger partial charge >= 0.3 is 0 Å². The van der Waals surface area contributed by atoms with Gasteiger partial charge in [0.25, 0.3) is 0 Å². The molecule has 11 heteroatoms. The minimum atomic E-state index is -0.744. The molecule has 0 radical (unpaired) electrons. The lowest BCUT2D eigenvalue weighted by molar-refractivity contribution is -0.171. The molecule has 0 amide bonds. The number of aromatic nitrogens is 5. The van der Waals surface area contributed by atoms with E-state index in [9.17, 15) is 5.11 Å². The lowest BCUT2D eigenvalue weighted by atomic mass is 10.2. The maximum atomic E-state index is 9.27. The molecular formula is C24H31N5O5S. The van der Waals surface area contributed by atoms with Crippen molar-refractivity contribution >= 4 is 22.9 Å². The molecule has 35 heavy (non-hydrogen) atoms. The van der Waals surface area contributed by atoms with Crippen LogP contribution in [0.5, 0.6) is 5.88 Å². The fraction of sp³-hybridized carbons (Fsp3) is 0.583. The van der Waals surface area contributed by atoms with Crippen molar-refractivity contribution in [2.75, 3.05) is 19.0 Å². The standard InChI is InChI=1S/C24H31N5O5S/c1-4-12-35-23-25-21-18(22(26-23)32-14-15-8-6-5-7-9-15)27-28-29(21)16-13-17(31-11-10-30)20-19(16)33-24(2,3)34-20/h5-9,16-17,19-20,30H,4,10-14H2,1-3H3/t16-,17+,19+,20-/m1/s1. The van der Waals surface area contributed by atoms with E-state index in [4.69, 9.17) is 23.9 Å². The molecule has 4 atom stereocenters. The molecule has 3 heterocycles. The number of benzene rings is 1. The molecular weight excluding hydrogens is 470 g/mol. The van der Waals surface area contributed by atoms with E-state index in [2.05, 4.69) is 22.2 Å². The van der Waals surface area contributed by atoms with E-state index in [0.717, 1.165) is 17.7 Å². The summed E-state index contributed by atoms with van der Waals surface area (Å²) in [6.07, 6.45) is 0.813. The monoisotopic (exact) mass is 501 g/mol. The maximum absolute atomic E-state index is 9.27. The molecule has 0 unspecified atom stereocenters. The number of hydrogen-bond donors (Lipinski definition) is 1. The van der Waals surface area contributed by atoms with E-state index in [1.165, 1.54) is 0 Å². The highest BCUT2D eigenvalue weighted by Gasteiger charge is 2.56. The summed E-state index contributed by atoms with van der Waals surface area (Å²) in [5.74, 6) is 0.559. The summed E-state index contributed by atoms with van der Waals surface area (Å²) >= 11 is 1.58. The third-order valence-corrected chi connectivity index (χ3v) is 7.10. The minimum Gasteiger partial charge on any atom is -0.471 e. The Morgan fingerprint density at radius 1 is 1.17 bits per heavy atom. The zero-order valence-electron chi connectivity index (χ0n) is 20.2. The van der Waals surface area contributed by atoms with Crippen LogP contribution in [0.1, 0.15) is 45.2 Å². The van der Waals surface area contributed by atoms with Gasteiger partial charge < -0.3 is 24.1 Å². The molecule has 0 bridgehead atoms. The number of nitrogens with zero attached hydrogens (tertiary/aromatic N) is 5. The second-order valence-electron chi connectivity index (χ2n) is 9.14. The zero-order valence-corrected chi connectivity index (χ0v) is 21.0. The molecule has 1 N–H and O–H groups in total. The average Bonchev–Trinajstić information content (AvgIpc) is 3.51. The predicted octanol–water partition coefficient (Wildman–Crippen LogP) is 3.14. The molecule has 1 saturated carbocycles. The molecule has 2 fully saturated rings. The number of thioether (sulfide) groups is 1. The van der Waals surface area contributed by atoms with E-state index in [-0.39, 0.29) is 37.6 Å². The fourth-order valence-corrected chi connectivity index (χ4v) is 5.29. The molecule has 2 aromatic heterocycles. The van der Waals surface area contributed by atoms with E-state index < -0.39 is 5.79 Å². The van der Waals surface area contributed by atoms with Gasteiger partial charge in [0.05, 0.1) is 25.4 Å². The van der Waals surface area contributed by atoms with Gasteiger partial charge in [-0.2, -0.15) is 4.98 Å². The van der Waals surface area contributed by atoms with Crippen LogP contribution in [0.3, 0.4) is 0 Å². The highest BCUT2D eigenvalue weighted by atomic mass is 32.2. The van der Waals surface area contributed by atoms with E-state index in [1.54, 1.807) is 16.4 Å². The normalized spacial score (nSPS) is 25.3. The van der Waals surface area contributed by atoms with Crippen molar-refractivity contribution in [2.45, 2.75) is 75.5 Å². The van der Waals surface area contributed by atoms with E-state index >= 15 is 0 Å². The Hall–Kier alpha value is -2.31. The third kappa shape index (κ3) is 5.14. The van der Waals surface area contributed by atoms with Crippen molar-refractivity contribution in [1.29, 1.82) is 0 Å². The van der Waals surface area contributed by atoms with Gasteiger partial charge in [-0.25, -0.2) is 9.67 Å². The van der Waals surface area contributed by atoms with Crippen LogP contribution < -0.4 is 4.74 Å². The largest absolute Gasteiger partial charge is 0.471 e. The van der Waals surface area contributed by atoms with Crippen molar-refractivity contribution in [1.82, 2.24) is 25.0 Å². The quantitative estimate of drug-likeness (QED) is 0.328. The summed E-state index contributed by atoms with van der Waals surface area (Å²) in [4.78, 5) is 9.45. The van der Waals surface area contributed by atoms with Crippen LogP contribution in [0, 0.1) is 0 Å². The highest BCUT2D eigenvalue weighted by Crippen LogP contribution is 2.45. The SMILES string of the molecule is CCCSc1nc(OCc2ccccc2)c2nnn([C@@H]3C[C@H](OCCO)[C@H]4OC(C)(C)O[C@H]43)c2n1. The van der Waals surface area contributed by atoms with Crippen LogP contribution in [0.25, 0.3) is 11.2 Å². The predicted molar refractivity (Wildman–Crippen MR) is 129 cm³/mol. The average molecular weight is 502 g/mol. The summed E-state index contributed by atoms with van der Waals surface area (Å²) in [6.45, 7) is 6.45. The Balaban J connectivity index is 1.49. The van der Waals surface area contributed by atoms with E-state index in [1.807, 2.05) is 44.2 Å². The summed E-state index contributed by atoms with van der Waals surface area (Å²) in [5.41, 5.74) is 2.15. The molecule has 5 rings (SSSR count). The molecule has 1 aliphatic carbocycles. The van der Waals surface area contributed by atoms with Crippen LogP contribution in [0.15, 0.2) is 35.5 Å².